The summed E-state index contributed by atoms with van der Waals surface area (Å²) in [7, 11) is 1.64. The summed E-state index contributed by atoms with van der Waals surface area (Å²) in [6.07, 6.45) is 8.55. The molecule has 0 unspecified atom stereocenters. The number of ether oxygens (including phenoxy) is 1. The van der Waals surface area contributed by atoms with Crippen LogP contribution in [0.15, 0.2) is 30.3 Å². The van der Waals surface area contributed by atoms with Gasteiger partial charge in [0.15, 0.2) is 0 Å². The molecule has 0 spiro atoms. The van der Waals surface area contributed by atoms with Crippen molar-refractivity contribution >= 4 is 12.0 Å². The van der Waals surface area contributed by atoms with E-state index in [9.17, 15) is 4.79 Å². The van der Waals surface area contributed by atoms with Crippen LogP contribution in [0.1, 0.15) is 31.2 Å². The molecule has 1 N–H and O–H groups in total. The van der Waals surface area contributed by atoms with Gasteiger partial charge in [-0.05, 0) is 43.2 Å². The Hall–Kier alpha value is -1.77. The predicted molar refractivity (Wildman–Crippen MR) is 79.4 cm³/mol. The molecule has 1 amide bonds. The summed E-state index contributed by atoms with van der Waals surface area (Å²) in [5.41, 5.74) is 0.929. The van der Waals surface area contributed by atoms with E-state index in [1.165, 1.54) is 25.7 Å². The summed E-state index contributed by atoms with van der Waals surface area (Å²) in [4.78, 5) is 12.0. The molecule has 1 aromatic carbocycles. The van der Waals surface area contributed by atoms with Crippen LogP contribution < -0.4 is 10.1 Å². The second kappa shape index (κ2) is 5.70. The van der Waals surface area contributed by atoms with Crippen LogP contribution in [0.3, 0.4) is 0 Å². The molecule has 0 saturated heterocycles. The highest BCUT2D eigenvalue weighted by Gasteiger charge is 2.39. The standard InChI is InChI=1S/C17H21NO2/c1-20-16-5-3-2-4-13(16)8-9-17(19)18-15-11-12-6-7-14(15)10-12/h2-5,8-9,12,14-15H,6-7,10-11H2,1H3,(H,18,19)/b9-8+/t12-,14+,15+/m0/s1. The minimum atomic E-state index is 0.00783. The van der Waals surface area contributed by atoms with Crippen molar-refractivity contribution in [1.29, 1.82) is 0 Å². The van der Waals surface area contributed by atoms with E-state index in [-0.39, 0.29) is 5.91 Å². The van der Waals surface area contributed by atoms with Crippen LogP contribution >= 0.6 is 0 Å². The molecule has 3 rings (SSSR count). The Morgan fingerprint density at radius 3 is 2.85 bits per heavy atom. The van der Waals surface area contributed by atoms with Gasteiger partial charge in [-0.15, -0.1) is 0 Å². The predicted octanol–water partition coefficient (Wildman–Crippen LogP) is 3.01. The van der Waals surface area contributed by atoms with E-state index in [0.29, 0.717) is 12.0 Å². The van der Waals surface area contributed by atoms with Crippen molar-refractivity contribution in [3.05, 3.63) is 35.9 Å². The monoisotopic (exact) mass is 271 g/mol. The summed E-state index contributed by atoms with van der Waals surface area (Å²) < 4.78 is 5.27. The first kappa shape index (κ1) is 13.2. The number of hydrogen-bond acceptors (Lipinski definition) is 2. The van der Waals surface area contributed by atoms with Crippen LogP contribution in [0.2, 0.25) is 0 Å². The first-order chi connectivity index (χ1) is 9.76. The lowest BCUT2D eigenvalue weighted by Gasteiger charge is -2.22. The normalized spacial score (nSPS) is 27.9. The molecular weight excluding hydrogens is 250 g/mol. The summed E-state index contributed by atoms with van der Waals surface area (Å²) in [6.45, 7) is 0. The van der Waals surface area contributed by atoms with Gasteiger partial charge in [0.05, 0.1) is 7.11 Å². The number of carbonyl (C=O) groups excluding carboxylic acids is 1. The Bertz CT molecular complexity index is 523. The number of rotatable bonds is 4. The van der Waals surface area contributed by atoms with Crippen molar-refractivity contribution in [2.45, 2.75) is 31.7 Å². The molecule has 106 valence electrons. The Morgan fingerprint density at radius 2 is 2.15 bits per heavy atom. The van der Waals surface area contributed by atoms with Gasteiger partial charge in [-0.1, -0.05) is 24.6 Å². The van der Waals surface area contributed by atoms with Gasteiger partial charge in [0.1, 0.15) is 5.75 Å². The smallest absolute Gasteiger partial charge is 0.244 e. The van der Waals surface area contributed by atoms with Crippen LogP contribution in [0, 0.1) is 11.8 Å². The number of nitrogens with one attached hydrogen (secondary N) is 1. The fourth-order valence-electron chi connectivity index (χ4n) is 3.62. The minimum absolute atomic E-state index is 0.00783. The molecule has 0 aliphatic heterocycles. The maximum Gasteiger partial charge on any atom is 0.244 e. The Kier molecular flexibility index (Phi) is 3.77. The summed E-state index contributed by atoms with van der Waals surface area (Å²) in [6, 6.07) is 8.10. The lowest BCUT2D eigenvalue weighted by Crippen LogP contribution is -2.37. The molecule has 0 aromatic heterocycles. The van der Waals surface area contributed by atoms with Gasteiger partial charge in [0.2, 0.25) is 5.91 Å². The zero-order chi connectivity index (χ0) is 13.9. The van der Waals surface area contributed by atoms with Crippen molar-refractivity contribution < 1.29 is 9.53 Å². The molecule has 20 heavy (non-hydrogen) atoms. The van der Waals surface area contributed by atoms with Crippen molar-refractivity contribution in [3.63, 3.8) is 0 Å². The average Bonchev–Trinajstić information content (AvgIpc) is 3.08. The van der Waals surface area contributed by atoms with Gasteiger partial charge in [-0.25, -0.2) is 0 Å². The summed E-state index contributed by atoms with van der Waals surface area (Å²) >= 11 is 0. The Labute approximate surface area is 120 Å². The Balaban J connectivity index is 1.60. The van der Waals surface area contributed by atoms with Crippen LogP contribution in [-0.2, 0) is 4.79 Å². The third-order valence-corrected chi connectivity index (χ3v) is 4.62. The SMILES string of the molecule is COc1ccccc1/C=C/C(=O)N[C@@H]1C[C@H]2CC[C@@H]1C2. The number of methoxy groups -OCH3 is 1. The number of amides is 1. The topological polar surface area (TPSA) is 38.3 Å². The van der Waals surface area contributed by atoms with Crippen molar-refractivity contribution in [2.75, 3.05) is 7.11 Å². The highest BCUT2D eigenvalue weighted by molar-refractivity contribution is 5.92. The van der Waals surface area contributed by atoms with Gasteiger partial charge in [0.25, 0.3) is 0 Å². The highest BCUT2D eigenvalue weighted by Crippen LogP contribution is 2.44. The zero-order valence-electron chi connectivity index (χ0n) is 11.8. The van der Waals surface area contributed by atoms with E-state index < -0.39 is 0 Å². The number of benzene rings is 1. The second-order valence-electron chi connectivity index (χ2n) is 5.87. The molecule has 3 heteroatoms. The second-order valence-corrected chi connectivity index (χ2v) is 5.87. The molecule has 3 nitrogen and oxygen atoms in total. The van der Waals surface area contributed by atoms with E-state index in [0.717, 1.165) is 17.2 Å². The molecule has 2 aliphatic rings. The lowest BCUT2D eigenvalue weighted by atomic mass is 9.95. The number of para-hydroxylation sites is 1. The first-order valence-corrected chi connectivity index (χ1v) is 7.38. The number of fused-ring (bicyclic) bond motifs is 2. The van der Waals surface area contributed by atoms with E-state index >= 15 is 0 Å². The number of hydrogen-bond donors (Lipinski definition) is 1. The molecular formula is C17H21NO2. The van der Waals surface area contributed by atoms with E-state index in [1.54, 1.807) is 13.2 Å². The molecule has 0 heterocycles. The van der Waals surface area contributed by atoms with Gasteiger partial charge < -0.3 is 10.1 Å². The van der Waals surface area contributed by atoms with Crippen molar-refractivity contribution in [2.24, 2.45) is 11.8 Å². The summed E-state index contributed by atoms with van der Waals surface area (Å²) in [5.74, 6) is 2.36. The Morgan fingerprint density at radius 1 is 1.30 bits per heavy atom. The highest BCUT2D eigenvalue weighted by atomic mass is 16.5. The van der Waals surface area contributed by atoms with Crippen molar-refractivity contribution in [3.8, 4) is 5.75 Å². The molecule has 2 aliphatic carbocycles. The van der Waals surface area contributed by atoms with E-state index in [1.807, 2.05) is 30.3 Å². The fourth-order valence-corrected chi connectivity index (χ4v) is 3.62. The van der Waals surface area contributed by atoms with Gasteiger partial charge in [-0.2, -0.15) is 0 Å². The quantitative estimate of drug-likeness (QED) is 0.855. The third kappa shape index (κ3) is 2.72. The lowest BCUT2D eigenvalue weighted by molar-refractivity contribution is -0.117. The van der Waals surface area contributed by atoms with Crippen LogP contribution in [0.5, 0.6) is 5.75 Å². The van der Waals surface area contributed by atoms with Crippen LogP contribution in [-0.4, -0.2) is 19.1 Å². The average molecular weight is 271 g/mol. The van der Waals surface area contributed by atoms with Crippen LogP contribution in [0.25, 0.3) is 6.08 Å². The molecule has 3 atom stereocenters. The van der Waals surface area contributed by atoms with Crippen molar-refractivity contribution in [1.82, 2.24) is 5.32 Å². The molecule has 1 aromatic rings. The molecule has 2 fully saturated rings. The minimum Gasteiger partial charge on any atom is -0.496 e. The van der Waals surface area contributed by atoms with E-state index in [2.05, 4.69) is 5.32 Å². The zero-order valence-corrected chi connectivity index (χ0v) is 11.8. The molecule has 2 bridgehead atoms. The molecule has 2 saturated carbocycles. The van der Waals surface area contributed by atoms with Gasteiger partial charge in [0, 0.05) is 17.7 Å². The maximum atomic E-state index is 12.0. The first-order valence-electron chi connectivity index (χ1n) is 7.38. The van der Waals surface area contributed by atoms with Gasteiger partial charge in [-0.3, -0.25) is 4.79 Å². The van der Waals surface area contributed by atoms with Crippen LogP contribution in [0.4, 0.5) is 0 Å². The third-order valence-electron chi connectivity index (χ3n) is 4.62. The molecule has 0 radical (unpaired) electrons. The summed E-state index contributed by atoms with van der Waals surface area (Å²) in [5, 5.41) is 3.15. The largest absolute Gasteiger partial charge is 0.496 e. The fraction of sp³-hybridized carbons (Fsp3) is 0.471. The maximum absolute atomic E-state index is 12.0. The van der Waals surface area contributed by atoms with Gasteiger partial charge >= 0.3 is 0 Å². The number of carbonyl (C=O) groups is 1. The van der Waals surface area contributed by atoms with E-state index in [4.69, 9.17) is 4.74 Å².